The second kappa shape index (κ2) is 7.12. The van der Waals surface area contributed by atoms with Gasteiger partial charge in [0.2, 0.25) is 0 Å². The van der Waals surface area contributed by atoms with Crippen molar-refractivity contribution in [3.63, 3.8) is 0 Å². The van der Waals surface area contributed by atoms with Crippen LogP contribution >= 0.6 is 27.3 Å². The highest BCUT2D eigenvalue weighted by molar-refractivity contribution is 9.10. The van der Waals surface area contributed by atoms with Gasteiger partial charge in [-0.05, 0) is 38.6 Å². The molecule has 3 nitrogen and oxygen atoms in total. The molecule has 0 radical (unpaired) electrons. The van der Waals surface area contributed by atoms with Gasteiger partial charge in [-0.3, -0.25) is 0 Å². The normalized spacial score (nSPS) is 10.9. The summed E-state index contributed by atoms with van der Waals surface area (Å²) in [5.41, 5.74) is 2.37. The van der Waals surface area contributed by atoms with E-state index in [0.717, 1.165) is 46.0 Å². The van der Waals surface area contributed by atoms with Crippen molar-refractivity contribution in [2.75, 3.05) is 13.1 Å². The molecule has 102 valence electrons. The van der Waals surface area contributed by atoms with E-state index in [0.29, 0.717) is 0 Å². The molecule has 0 fully saturated rings. The molecule has 0 amide bonds. The van der Waals surface area contributed by atoms with Crippen LogP contribution in [0.25, 0.3) is 10.6 Å². The second-order valence-corrected chi connectivity index (χ2v) is 6.36. The summed E-state index contributed by atoms with van der Waals surface area (Å²) in [6.45, 7) is 6.28. The van der Waals surface area contributed by atoms with Crippen LogP contribution in [0.5, 0.6) is 0 Å². The monoisotopic (exact) mass is 339 g/mol. The second-order valence-electron chi connectivity index (χ2n) is 4.44. The maximum Gasteiger partial charge on any atom is 0.148 e. The van der Waals surface area contributed by atoms with Gasteiger partial charge in [-0.1, -0.05) is 45.8 Å². The van der Waals surface area contributed by atoms with E-state index in [-0.39, 0.29) is 0 Å². The minimum atomic E-state index is 0.994. The standard InChI is InChI=1S/C14H18BrN3S/c1-3-16-8-4-5-13-17-18-14(19-13)11-9-10(2)6-7-12(11)15/h6-7,9,16H,3-5,8H2,1-2H3. The lowest BCUT2D eigenvalue weighted by molar-refractivity contribution is 0.669. The van der Waals surface area contributed by atoms with E-state index < -0.39 is 0 Å². The number of hydrogen-bond donors (Lipinski definition) is 1. The van der Waals surface area contributed by atoms with E-state index in [2.05, 4.69) is 63.5 Å². The highest BCUT2D eigenvalue weighted by Gasteiger charge is 2.10. The van der Waals surface area contributed by atoms with Crippen molar-refractivity contribution in [2.24, 2.45) is 0 Å². The average Bonchev–Trinajstić information content (AvgIpc) is 2.86. The minimum absolute atomic E-state index is 0.994. The number of hydrogen-bond acceptors (Lipinski definition) is 4. The van der Waals surface area contributed by atoms with Crippen molar-refractivity contribution in [1.29, 1.82) is 0 Å². The molecule has 0 spiro atoms. The Morgan fingerprint density at radius 2 is 2.16 bits per heavy atom. The van der Waals surface area contributed by atoms with Crippen LogP contribution in [0.3, 0.4) is 0 Å². The molecular weight excluding hydrogens is 322 g/mol. The Hall–Kier alpha value is -0.780. The van der Waals surface area contributed by atoms with Gasteiger partial charge in [0.15, 0.2) is 0 Å². The number of nitrogens with zero attached hydrogens (tertiary/aromatic N) is 2. The maximum absolute atomic E-state index is 4.31. The van der Waals surface area contributed by atoms with Crippen molar-refractivity contribution >= 4 is 27.3 Å². The highest BCUT2D eigenvalue weighted by atomic mass is 79.9. The molecular formula is C14H18BrN3S. The van der Waals surface area contributed by atoms with Gasteiger partial charge in [0, 0.05) is 16.5 Å². The molecule has 1 heterocycles. The molecule has 0 atom stereocenters. The summed E-state index contributed by atoms with van der Waals surface area (Å²) in [7, 11) is 0. The van der Waals surface area contributed by atoms with Crippen LogP contribution in [0, 0.1) is 6.92 Å². The molecule has 0 saturated heterocycles. The smallest absolute Gasteiger partial charge is 0.148 e. The Kier molecular flexibility index (Phi) is 5.48. The number of rotatable bonds is 6. The van der Waals surface area contributed by atoms with Gasteiger partial charge in [0.25, 0.3) is 0 Å². The van der Waals surface area contributed by atoms with Crippen molar-refractivity contribution in [3.8, 4) is 10.6 Å². The summed E-state index contributed by atoms with van der Waals surface area (Å²) in [6, 6.07) is 6.30. The predicted molar refractivity (Wildman–Crippen MR) is 84.6 cm³/mol. The number of halogens is 1. The van der Waals surface area contributed by atoms with E-state index in [9.17, 15) is 0 Å². The van der Waals surface area contributed by atoms with Crippen LogP contribution in [0.1, 0.15) is 23.9 Å². The first kappa shape index (κ1) is 14.6. The molecule has 1 aromatic carbocycles. The van der Waals surface area contributed by atoms with Crippen LogP contribution in [-0.2, 0) is 6.42 Å². The van der Waals surface area contributed by atoms with Crippen LogP contribution in [-0.4, -0.2) is 23.3 Å². The van der Waals surface area contributed by atoms with Crippen molar-refractivity contribution in [1.82, 2.24) is 15.5 Å². The highest BCUT2D eigenvalue weighted by Crippen LogP contribution is 2.31. The van der Waals surface area contributed by atoms with Crippen LogP contribution in [0.15, 0.2) is 22.7 Å². The molecule has 0 aliphatic rings. The van der Waals surface area contributed by atoms with Crippen LogP contribution in [0.2, 0.25) is 0 Å². The Balaban J connectivity index is 2.06. The van der Waals surface area contributed by atoms with Crippen molar-refractivity contribution < 1.29 is 0 Å². The summed E-state index contributed by atoms with van der Waals surface area (Å²) < 4.78 is 1.08. The molecule has 0 bridgehead atoms. The lowest BCUT2D eigenvalue weighted by Gasteiger charge is -2.01. The average molecular weight is 340 g/mol. The van der Waals surface area contributed by atoms with E-state index in [1.165, 1.54) is 5.56 Å². The van der Waals surface area contributed by atoms with Gasteiger partial charge in [-0.25, -0.2) is 0 Å². The first-order valence-electron chi connectivity index (χ1n) is 6.50. The molecule has 1 aromatic heterocycles. The number of aryl methyl sites for hydroxylation is 2. The molecule has 0 aliphatic heterocycles. The summed E-state index contributed by atoms with van der Waals surface area (Å²) in [5, 5.41) is 14.0. The predicted octanol–water partition coefficient (Wildman–Crippen LogP) is 3.82. The van der Waals surface area contributed by atoms with Gasteiger partial charge >= 0.3 is 0 Å². The fourth-order valence-corrected chi connectivity index (χ4v) is 3.29. The molecule has 0 aliphatic carbocycles. The third kappa shape index (κ3) is 4.09. The lowest BCUT2D eigenvalue weighted by Crippen LogP contribution is -2.14. The first-order valence-corrected chi connectivity index (χ1v) is 8.11. The lowest BCUT2D eigenvalue weighted by atomic mass is 10.1. The first-order chi connectivity index (χ1) is 9.20. The number of aromatic nitrogens is 2. The number of benzene rings is 1. The third-order valence-electron chi connectivity index (χ3n) is 2.81. The van der Waals surface area contributed by atoms with Crippen molar-refractivity contribution in [3.05, 3.63) is 33.2 Å². The molecule has 0 unspecified atom stereocenters. The molecule has 0 saturated carbocycles. The van der Waals surface area contributed by atoms with E-state index in [1.807, 2.05) is 0 Å². The molecule has 1 N–H and O–H groups in total. The van der Waals surface area contributed by atoms with Crippen LogP contribution < -0.4 is 5.32 Å². The quantitative estimate of drug-likeness (QED) is 0.813. The SMILES string of the molecule is CCNCCCc1nnc(-c2cc(C)ccc2Br)s1. The number of nitrogens with one attached hydrogen (secondary N) is 1. The Labute approximate surface area is 126 Å². The minimum Gasteiger partial charge on any atom is -0.317 e. The van der Waals surface area contributed by atoms with E-state index in [1.54, 1.807) is 11.3 Å². The largest absolute Gasteiger partial charge is 0.317 e. The fraction of sp³-hybridized carbons (Fsp3) is 0.429. The molecule has 2 rings (SSSR count). The van der Waals surface area contributed by atoms with Gasteiger partial charge in [0.1, 0.15) is 10.0 Å². The third-order valence-corrected chi connectivity index (χ3v) is 4.52. The maximum atomic E-state index is 4.31. The zero-order valence-electron chi connectivity index (χ0n) is 11.2. The molecule has 19 heavy (non-hydrogen) atoms. The van der Waals surface area contributed by atoms with E-state index in [4.69, 9.17) is 0 Å². The zero-order chi connectivity index (χ0) is 13.7. The summed E-state index contributed by atoms with van der Waals surface area (Å²) in [4.78, 5) is 0. The fourth-order valence-electron chi connectivity index (χ4n) is 1.81. The topological polar surface area (TPSA) is 37.8 Å². The van der Waals surface area contributed by atoms with E-state index >= 15 is 0 Å². The molecule has 2 aromatic rings. The van der Waals surface area contributed by atoms with Crippen molar-refractivity contribution in [2.45, 2.75) is 26.7 Å². The zero-order valence-corrected chi connectivity index (χ0v) is 13.6. The van der Waals surface area contributed by atoms with Gasteiger partial charge in [-0.15, -0.1) is 10.2 Å². The van der Waals surface area contributed by atoms with Gasteiger partial charge in [-0.2, -0.15) is 0 Å². The summed E-state index contributed by atoms with van der Waals surface area (Å²) >= 11 is 5.27. The van der Waals surface area contributed by atoms with Gasteiger partial charge < -0.3 is 5.32 Å². The summed E-state index contributed by atoms with van der Waals surface area (Å²) in [6.07, 6.45) is 2.10. The van der Waals surface area contributed by atoms with Gasteiger partial charge in [0.05, 0.1) is 0 Å². The Morgan fingerprint density at radius 1 is 1.32 bits per heavy atom. The summed E-state index contributed by atoms with van der Waals surface area (Å²) in [5.74, 6) is 0. The Morgan fingerprint density at radius 3 is 2.95 bits per heavy atom. The molecule has 5 heteroatoms. The van der Waals surface area contributed by atoms with Crippen LogP contribution in [0.4, 0.5) is 0 Å². The Bertz CT molecular complexity index is 539.